The monoisotopic (exact) mass is 488 g/mol. The van der Waals surface area contributed by atoms with E-state index in [9.17, 15) is 23.4 Å². The van der Waals surface area contributed by atoms with Crippen molar-refractivity contribution in [1.82, 2.24) is 4.90 Å². The summed E-state index contributed by atoms with van der Waals surface area (Å²) in [6.07, 6.45) is 2.66. The molecule has 1 fully saturated rings. The van der Waals surface area contributed by atoms with Crippen molar-refractivity contribution in [2.24, 2.45) is 11.3 Å². The first-order chi connectivity index (χ1) is 16.5. The molecule has 0 amide bonds. The summed E-state index contributed by atoms with van der Waals surface area (Å²) < 4.78 is 38.8. The molecule has 190 valence electrons. The Morgan fingerprint density at radius 3 is 2.29 bits per heavy atom. The van der Waals surface area contributed by atoms with E-state index in [1.54, 1.807) is 24.1 Å². The summed E-state index contributed by atoms with van der Waals surface area (Å²) in [4.78, 5) is 4.15. The van der Waals surface area contributed by atoms with E-state index in [1.807, 2.05) is 12.1 Å². The minimum Gasteiger partial charge on any atom is -0.508 e. The highest BCUT2D eigenvalue weighted by atomic mass is 19.4. The molecule has 0 bridgehead atoms. The van der Waals surface area contributed by atoms with E-state index in [-0.39, 0.29) is 23.1 Å². The number of likely N-dealkylation sites (tertiary alicyclic amines) is 1. The molecule has 7 heteroatoms. The number of nitrogens with zero attached hydrogens (tertiary/aromatic N) is 2. The fourth-order valence-electron chi connectivity index (χ4n) is 5.79. The molecule has 1 heterocycles. The number of alkyl halides is 3. The lowest BCUT2D eigenvalue weighted by atomic mass is 9.61. The van der Waals surface area contributed by atoms with Gasteiger partial charge < -0.3 is 15.1 Å². The van der Waals surface area contributed by atoms with Crippen molar-refractivity contribution in [3.05, 3.63) is 71.8 Å². The summed E-state index contributed by atoms with van der Waals surface area (Å²) in [5.41, 5.74) is 1.13. The number of aliphatic hydroxyl groups is 1. The number of phenolic OH excluding ortho intramolecular Hbond substituents is 1. The van der Waals surface area contributed by atoms with Gasteiger partial charge in [-0.2, -0.15) is 13.2 Å². The summed E-state index contributed by atoms with van der Waals surface area (Å²) in [6, 6.07) is 13.1. The summed E-state index contributed by atoms with van der Waals surface area (Å²) in [6.45, 7) is 5.39. The van der Waals surface area contributed by atoms with E-state index < -0.39 is 18.0 Å². The number of aromatic hydroxyl groups is 1. The fraction of sp³-hybridized carbons (Fsp3) is 0.500. The topological polar surface area (TPSA) is 46.9 Å². The van der Waals surface area contributed by atoms with Gasteiger partial charge in [0.2, 0.25) is 0 Å². The van der Waals surface area contributed by atoms with E-state index in [2.05, 4.69) is 30.9 Å². The van der Waals surface area contributed by atoms with Crippen molar-refractivity contribution in [2.75, 3.05) is 18.5 Å². The highest BCUT2D eigenvalue weighted by molar-refractivity contribution is 5.48. The van der Waals surface area contributed by atoms with E-state index >= 15 is 0 Å². The summed E-state index contributed by atoms with van der Waals surface area (Å²) in [7, 11) is 1.72. The number of hydrogen-bond acceptors (Lipinski definition) is 4. The Morgan fingerprint density at radius 2 is 1.69 bits per heavy atom. The number of anilines is 1. The minimum atomic E-state index is -4.38. The van der Waals surface area contributed by atoms with Crippen LogP contribution in [0, 0.1) is 11.3 Å². The third-order valence-corrected chi connectivity index (χ3v) is 7.83. The van der Waals surface area contributed by atoms with Crippen LogP contribution in [-0.2, 0) is 6.18 Å². The molecule has 4 nitrogen and oxygen atoms in total. The Morgan fingerprint density at radius 1 is 1.03 bits per heavy atom. The normalized spacial score (nSPS) is 26.3. The molecule has 4 unspecified atom stereocenters. The molecule has 35 heavy (non-hydrogen) atoms. The smallest absolute Gasteiger partial charge is 0.416 e. The number of aliphatic hydroxyl groups excluding tert-OH is 1. The van der Waals surface area contributed by atoms with E-state index in [1.165, 1.54) is 17.7 Å². The molecule has 1 spiro atoms. The number of hydrogen-bond donors (Lipinski definition) is 2. The van der Waals surface area contributed by atoms with E-state index in [0.717, 1.165) is 44.4 Å². The first kappa shape index (κ1) is 25.6. The lowest BCUT2D eigenvalue weighted by Crippen LogP contribution is -2.61. The predicted molar refractivity (Wildman–Crippen MR) is 132 cm³/mol. The molecule has 1 saturated heterocycles. The van der Waals surface area contributed by atoms with Gasteiger partial charge in [-0.05, 0) is 81.5 Å². The second-order valence-corrected chi connectivity index (χ2v) is 10.4. The molecule has 0 aromatic heterocycles. The standard InChI is InChI=1S/C28H35F3N2O2/c1-19(2)33-18-27(25(33)20-7-13-24(34)14-8-20)16-5-4-6-21(15-17-27)26(35)32(3)23-11-9-22(10-12-23)28(29,30)31/h4,6-14,19,21,25-26,34-35H,5,15-18H2,1-3H3. The van der Waals surface area contributed by atoms with Crippen LogP contribution in [0.3, 0.4) is 0 Å². The zero-order valence-corrected chi connectivity index (χ0v) is 20.5. The van der Waals surface area contributed by atoms with Crippen LogP contribution >= 0.6 is 0 Å². The SMILES string of the molecule is CC(C)N1CC2(CCC=CC(C(O)N(C)c3ccc(C(F)(F)F)cc3)CC2)C1c1ccc(O)cc1. The van der Waals surface area contributed by atoms with Crippen LogP contribution in [0.2, 0.25) is 0 Å². The Balaban J connectivity index is 1.51. The summed E-state index contributed by atoms with van der Waals surface area (Å²) in [5.74, 6) is 0.126. The molecule has 2 aromatic carbocycles. The Hall–Kier alpha value is -2.51. The maximum atomic E-state index is 12.9. The number of rotatable bonds is 5. The molecule has 4 rings (SSSR count). The highest BCUT2D eigenvalue weighted by Gasteiger charge is 2.53. The average molecular weight is 489 g/mol. The maximum absolute atomic E-state index is 12.9. The third kappa shape index (κ3) is 5.21. The molecule has 4 atom stereocenters. The lowest BCUT2D eigenvalue weighted by molar-refractivity contribution is -0.137. The van der Waals surface area contributed by atoms with Crippen LogP contribution < -0.4 is 4.90 Å². The molecular formula is C28H35F3N2O2. The molecule has 1 aliphatic heterocycles. The van der Waals surface area contributed by atoms with Crippen LogP contribution in [0.25, 0.3) is 0 Å². The molecule has 2 aromatic rings. The predicted octanol–water partition coefficient (Wildman–Crippen LogP) is 6.36. The average Bonchev–Trinajstić information content (AvgIpc) is 2.78. The number of allylic oxidation sites excluding steroid dienone is 1. The van der Waals surface area contributed by atoms with E-state index in [0.29, 0.717) is 11.7 Å². The van der Waals surface area contributed by atoms with Gasteiger partial charge in [-0.1, -0.05) is 24.3 Å². The van der Waals surface area contributed by atoms with Crippen molar-refractivity contribution in [1.29, 1.82) is 0 Å². The molecule has 0 radical (unpaired) electrons. The third-order valence-electron chi connectivity index (χ3n) is 7.83. The van der Waals surface area contributed by atoms with Gasteiger partial charge in [-0.3, -0.25) is 4.90 Å². The van der Waals surface area contributed by atoms with Crippen LogP contribution in [0.1, 0.15) is 56.7 Å². The molecule has 1 aliphatic carbocycles. The van der Waals surface area contributed by atoms with Crippen LogP contribution in [0.4, 0.5) is 18.9 Å². The zero-order chi connectivity index (χ0) is 25.4. The van der Waals surface area contributed by atoms with Gasteiger partial charge in [-0.25, -0.2) is 0 Å². The van der Waals surface area contributed by atoms with Gasteiger partial charge >= 0.3 is 6.18 Å². The number of phenols is 1. The molecule has 2 N–H and O–H groups in total. The van der Waals surface area contributed by atoms with Crippen molar-refractivity contribution >= 4 is 5.69 Å². The Labute approximate surface area is 205 Å². The fourth-order valence-corrected chi connectivity index (χ4v) is 5.79. The van der Waals surface area contributed by atoms with Crippen LogP contribution in [0.5, 0.6) is 5.75 Å². The second-order valence-electron chi connectivity index (χ2n) is 10.4. The number of benzene rings is 2. The maximum Gasteiger partial charge on any atom is 0.416 e. The van der Waals surface area contributed by atoms with Gasteiger partial charge in [0.15, 0.2) is 0 Å². The number of halogens is 3. The van der Waals surface area contributed by atoms with Gasteiger partial charge in [0, 0.05) is 42.7 Å². The zero-order valence-electron chi connectivity index (χ0n) is 20.5. The minimum absolute atomic E-state index is 0.0803. The van der Waals surface area contributed by atoms with E-state index in [4.69, 9.17) is 0 Å². The summed E-state index contributed by atoms with van der Waals surface area (Å²) >= 11 is 0. The molecular weight excluding hydrogens is 453 g/mol. The Bertz CT molecular complexity index is 1020. The largest absolute Gasteiger partial charge is 0.508 e. The molecule has 0 saturated carbocycles. The quantitative estimate of drug-likeness (QED) is 0.380. The summed E-state index contributed by atoms with van der Waals surface area (Å²) in [5, 5.41) is 20.9. The van der Waals surface area contributed by atoms with Crippen LogP contribution in [0.15, 0.2) is 60.7 Å². The second kappa shape index (κ2) is 9.86. The van der Waals surface area contributed by atoms with Crippen molar-refractivity contribution in [3.8, 4) is 5.75 Å². The van der Waals surface area contributed by atoms with Gasteiger partial charge in [0.25, 0.3) is 0 Å². The lowest BCUT2D eigenvalue weighted by Gasteiger charge is -2.61. The molecule has 2 aliphatic rings. The van der Waals surface area contributed by atoms with Gasteiger partial charge in [-0.15, -0.1) is 0 Å². The Kier molecular flexibility index (Phi) is 7.21. The van der Waals surface area contributed by atoms with Gasteiger partial charge in [0.05, 0.1) is 5.56 Å². The van der Waals surface area contributed by atoms with Crippen LogP contribution in [-0.4, -0.2) is 41.0 Å². The van der Waals surface area contributed by atoms with Crippen molar-refractivity contribution in [3.63, 3.8) is 0 Å². The van der Waals surface area contributed by atoms with Gasteiger partial charge in [0.1, 0.15) is 12.0 Å². The first-order valence-corrected chi connectivity index (χ1v) is 12.3. The van der Waals surface area contributed by atoms with Crippen molar-refractivity contribution in [2.45, 2.75) is 64.0 Å². The van der Waals surface area contributed by atoms with Crippen molar-refractivity contribution < 1.29 is 23.4 Å². The highest BCUT2D eigenvalue weighted by Crippen LogP contribution is 2.56. The first-order valence-electron chi connectivity index (χ1n) is 12.3.